The van der Waals surface area contributed by atoms with Gasteiger partial charge in [0.2, 0.25) is 5.90 Å². The number of aliphatic imine (C=N–C) groups is 1. The Morgan fingerprint density at radius 2 is 1.59 bits per heavy atom. The summed E-state index contributed by atoms with van der Waals surface area (Å²) in [5.74, 6) is -2.34. The molecule has 1 aliphatic heterocycles. The van der Waals surface area contributed by atoms with Gasteiger partial charge in [-0.25, -0.2) is 4.99 Å². The van der Waals surface area contributed by atoms with E-state index in [1.165, 1.54) is 7.11 Å². The van der Waals surface area contributed by atoms with Gasteiger partial charge in [-0.15, -0.1) is 0 Å². The first-order chi connectivity index (χ1) is 15.2. The highest BCUT2D eigenvalue weighted by Gasteiger charge is 2.42. The first-order valence-electron chi connectivity index (χ1n) is 11.3. The Morgan fingerprint density at radius 1 is 1.03 bits per heavy atom. The molecule has 2 rings (SSSR count). The fourth-order valence-corrected chi connectivity index (χ4v) is 13.2. The molecule has 178 valence electrons. The van der Waals surface area contributed by atoms with Crippen molar-refractivity contribution in [2.45, 2.75) is 45.9 Å². The topological polar surface area (TPSA) is 99.1 Å². The molecule has 0 spiro atoms. The molecule has 0 radical (unpaired) electrons. The molecule has 7 nitrogen and oxygen atoms in total. The average molecular weight is 483 g/mol. The lowest BCUT2D eigenvalue weighted by Crippen LogP contribution is -2.36. The highest BCUT2D eigenvalue weighted by atomic mass is 31.2. The van der Waals surface area contributed by atoms with Crippen LogP contribution in [0.2, 0.25) is 0 Å². The largest absolute Gasteiger partial charge is 0.483 e. The predicted molar refractivity (Wildman–Crippen MR) is 130 cm³/mol. The van der Waals surface area contributed by atoms with E-state index in [4.69, 9.17) is 9.47 Å². The van der Waals surface area contributed by atoms with E-state index in [2.05, 4.69) is 4.99 Å². The number of Topliss-reactive ketones (excluding diaryl/α,β-unsaturated/α-hetero) is 1. The Bertz CT molecular complexity index is 916. The van der Waals surface area contributed by atoms with Gasteiger partial charge in [-0.05, 0) is 49.6 Å². The molecule has 0 aromatic heterocycles. The van der Waals surface area contributed by atoms with E-state index in [-0.39, 0.29) is 17.9 Å². The van der Waals surface area contributed by atoms with Crippen LogP contribution in [0.4, 0.5) is 5.69 Å². The normalized spacial score (nSPS) is 16.5. The van der Waals surface area contributed by atoms with E-state index in [1.54, 1.807) is 24.3 Å². The van der Waals surface area contributed by atoms with Crippen LogP contribution in [0, 0.1) is 5.92 Å². The number of methoxy groups -OCH3 is 1. The highest BCUT2D eigenvalue weighted by molar-refractivity contribution is 7.81. The zero-order valence-corrected chi connectivity index (χ0v) is 21.5. The number of esters is 1. The van der Waals surface area contributed by atoms with Crippen molar-refractivity contribution in [1.29, 1.82) is 0 Å². The number of nitrogens with zero attached hydrogens (tertiary/aromatic N) is 1. The van der Waals surface area contributed by atoms with E-state index in [9.17, 15) is 18.7 Å². The molecule has 1 aliphatic rings. The Hall–Kier alpha value is -1.71. The van der Waals surface area contributed by atoms with E-state index in [1.807, 2.05) is 27.7 Å². The number of para-hydroxylation sites is 1. The van der Waals surface area contributed by atoms with Gasteiger partial charge in [-0.3, -0.25) is 9.59 Å². The van der Waals surface area contributed by atoms with E-state index in [0.717, 1.165) is 0 Å². The van der Waals surface area contributed by atoms with Crippen LogP contribution in [0.3, 0.4) is 0 Å². The fraction of sp³-hybridized carbons (Fsp3) is 0.609. The standard InChI is InChI=1S/C23H35NO6P2/c1-6-31(27,7-2)19(32(28,8-3)9-4)15-12-16-30-23(26)20-21(25)17-13-10-11-14-18(17)24-22(20)29-5/h10-11,13-14,19-20H,6-9,12,15-16H2,1-5H3. The molecule has 0 saturated heterocycles. The van der Waals surface area contributed by atoms with Crippen LogP contribution in [0.15, 0.2) is 29.3 Å². The van der Waals surface area contributed by atoms with Crippen molar-refractivity contribution in [3.8, 4) is 0 Å². The van der Waals surface area contributed by atoms with Crippen molar-refractivity contribution in [2.24, 2.45) is 10.9 Å². The zero-order chi connectivity index (χ0) is 23.9. The molecule has 9 heteroatoms. The number of rotatable bonds is 11. The van der Waals surface area contributed by atoms with Crippen molar-refractivity contribution in [3.63, 3.8) is 0 Å². The molecule has 32 heavy (non-hydrogen) atoms. The number of benzene rings is 1. The summed E-state index contributed by atoms with van der Waals surface area (Å²) in [4.78, 5) is 29.9. The number of ether oxygens (including phenoxy) is 2. The summed E-state index contributed by atoms with van der Waals surface area (Å²) in [6, 6.07) is 6.78. The molecular formula is C23H35NO6P2. The van der Waals surface area contributed by atoms with Gasteiger partial charge < -0.3 is 18.6 Å². The predicted octanol–water partition coefficient (Wildman–Crippen LogP) is 5.63. The average Bonchev–Trinajstić information content (AvgIpc) is 2.82. The summed E-state index contributed by atoms with van der Waals surface area (Å²) in [6.45, 7) is 7.63. The van der Waals surface area contributed by atoms with E-state index < -0.39 is 32.0 Å². The van der Waals surface area contributed by atoms with Crippen LogP contribution in [-0.2, 0) is 23.4 Å². The van der Waals surface area contributed by atoms with Crippen LogP contribution < -0.4 is 0 Å². The highest BCUT2D eigenvalue weighted by Crippen LogP contribution is 2.69. The maximum absolute atomic E-state index is 13.5. The Morgan fingerprint density at radius 3 is 2.12 bits per heavy atom. The van der Waals surface area contributed by atoms with Gasteiger partial charge in [0.1, 0.15) is 0 Å². The summed E-state index contributed by atoms with van der Waals surface area (Å²) in [6.07, 6.45) is 2.96. The number of hydrogen-bond acceptors (Lipinski definition) is 7. The second-order valence-electron chi connectivity index (χ2n) is 7.93. The molecule has 1 heterocycles. The van der Waals surface area contributed by atoms with Crippen LogP contribution in [0.1, 0.15) is 50.9 Å². The maximum Gasteiger partial charge on any atom is 0.326 e. The van der Waals surface area contributed by atoms with E-state index >= 15 is 0 Å². The lowest BCUT2D eigenvalue weighted by molar-refractivity contribution is -0.145. The smallest absolute Gasteiger partial charge is 0.326 e. The third-order valence-corrected chi connectivity index (χ3v) is 15.9. The minimum atomic E-state index is -2.59. The quantitative estimate of drug-likeness (QED) is 0.175. The Balaban J connectivity index is 2.09. The van der Waals surface area contributed by atoms with Crippen molar-refractivity contribution < 1.29 is 28.2 Å². The first-order valence-corrected chi connectivity index (χ1v) is 15.6. The number of ketones is 1. The number of carbonyl (C=O) groups excluding carboxylic acids is 2. The third kappa shape index (κ3) is 5.43. The molecule has 0 bridgehead atoms. The second kappa shape index (κ2) is 11.4. The first kappa shape index (κ1) is 26.5. The SMILES string of the molecule is CCP(=O)(CC)C(CCCOC(=O)C1C(=O)c2ccccc2N=C1OC)P(=O)(CC)CC. The Labute approximate surface area is 191 Å². The summed E-state index contributed by atoms with van der Waals surface area (Å²) in [7, 11) is -3.82. The number of hydrogen-bond donors (Lipinski definition) is 0. The van der Waals surface area contributed by atoms with Crippen LogP contribution in [0.25, 0.3) is 0 Å². The van der Waals surface area contributed by atoms with Gasteiger partial charge in [0.25, 0.3) is 0 Å². The zero-order valence-electron chi connectivity index (χ0n) is 19.7. The molecule has 0 saturated carbocycles. The molecule has 1 aromatic rings. The summed E-state index contributed by atoms with van der Waals surface area (Å²) in [5, 5.41) is -0.349. The van der Waals surface area contributed by atoms with Crippen LogP contribution in [0.5, 0.6) is 0 Å². The van der Waals surface area contributed by atoms with Crippen molar-refractivity contribution in [1.82, 2.24) is 0 Å². The van der Waals surface area contributed by atoms with Gasteiger partial charge >= 0.3 is 5.97 Å². The monoisotopic (exact) mass is 483 g/mol. The minimum Gasteiger partial charge on any atom is -0.483 e. The van der Waals surface area contributed by atoms with Gasteiger partial charge in [-0.2, -0.15) is 0 Å². The summed E-state index contributed by atoms with van der Waals surface area (Å²) < 4.78 is 37.6. The van der Waals surface area contributed by atoms with Gasteiger partial charge in [0.05, 0.1) is 39.1 Å². The lowest BCUT2D eigenvalue weighted by Gasteiger charge is -2.32. The maximum atomic E-state index is 13.5. The van der Waals surface area contributed by atoms with Crippen LogP contribution in [-0.4, -0.2) is 61.4 Å². The van der Waals surface area contributed by atoms with Crippen molar-refractivity contribution >= 4 is 37.6 Å². The van der Waals surface area contributed by atoms with Crippen molar-refractivity contribution in [3.05, 3.63) is 29.8 Å². The van der Waals surface area contributed by atoms with E-state index in [0.29, 0.717) is 48.7 Å². The van der Waals surface area contributed by atoms with Gasteiger partial charge in [0.15, 0.2) is 11.7 Å². The second-order valence-corrected chi connectivity index (χ2v) is 15.9. The number of carbonyl (C=O) groups is 2. The molecule has 0 aliphatic carbocycles. The minimum absolute atomic E-state index is 0.0134. The molecule has 1 aromatic carbocycles. The molecule has 0 amide bonds. The molecule has 0 N–H and O–H groups in total. The molecule has 1 unspecified atom stereocenters. The van der Waals surface area contributed by atoms with Gasteiger partial charge in [-0.1, -0.05) is 39.8 Å². The molecule has 0 fully saturated rings. The molecular weight excluding hydrogens is 448 g/mol. The van der Waals surface area contributed by atoms with Crippen LogP contribution >= 0.6 is 14.3 Å². The molecule has 1 atom stereocenters. The summed E-state index contributed by atoms with van der Waals surface area (Å²) in [5.41, 5.74) is 0.819. The third-order valence-electron chi connectivity index (χ3n) is 6.43. The number of fused-ring (bicyclic) bond motifs is 1. The lowest BCUT2D eigenvalue weighted by atomic mass is 9.93. The summed E-state index contributed by atoms with van der Waals surface area (Å²) >= 11 is 0. The van der Waals surface area contributed by atoms with Gasteiger partial charge in [0, 0.05) is 5.56 Å². The fourth-order valence-electron chi connectivity index (χ4n) is 4.27. The Kier molecular flexibility index (Phi) is 9.48. The van der Waals surface area contributed by atoms with Crippen molar-refractivity contribution in [2.75, 3.05) is 38.4 Å².